The number of rotatable bonds is 2. The van der Waals surface area contributed by atoms with Crippen LogP contribution in [0.2, 0.25) is 0 Å². The minimum atomic E-state index is -1.21. The monoisotopic (exact) mass is 194 g/mol. The number of carboxylic acids is 1. The van der Waals surface area contributed by atoms with Gasteiger partial charge in [-0.2, -0.15) is 0 Å². The fraction of sp³-hybridized carbons (Fsp3) is 0. The van der Waals surface area contributed by atoms with Crippen LogP contribution in [0.4, 0.5) is 5.69 Å². The second-order valence-corrected chi connectivity index (χ2v) is 2.58. The van der Waals surface area contributed by atoms with Crippen molar-refractivity contribution in [2.75, 3.05) is 5.73 Å². The van der Waals surface area contributed by atoms with Crippen molar-refractivity contribution in [2.45, 2.75) is 0 Å². The normalized spacial score (nSPS) is 10.3. The first kappa shape index (κ1) is 8.36. The molecule has 0 bridgehead atoms. The van der Waals surface area contributed by atoms with Gasteiger partial charge in [-0.15, -0.1) is 0 Å². The van der Waals surface area contributed by atoms with Gasteiger partial charge in [0.05, 0.1) is 5.69 Å². The molecule has 3 N–H and O–H groups in total. The van der Waals surface area contributed by atoms with Gasteiger partial charge in [0.1, 0.15) is 12.0 Å². The topological polar surface area (TPSA) is 102 Å². The summed E-state index contributed by atoms with van der Waals surface area (Å²) in [6.45, 7) is 0. The van der Waals surface area contributed by atoms with E-state index in [1.54, 1.807) is 6.07 Å². The number of carbonyl (C=O) groups is 1. The molecule has 0 aliphatic rings. The Morgan fingerprint density at radius 3 is 2.86 bits per heavy atom. The van der Waals surface area contributed by atoms with Gasteiger partial charge in [0.15, 0.2) is 5.76 Å². The first-order chi connectivity index (χ1) is 6.68. The average molecular weight is 194 g/mol. The van der Waals surface area contributed by atoms with Crippen LogP contribution in [0.3, 0.4) is 0 Å². The summed E-state index contributed by atoms with van der Waals surface area (Å²) in [5.74, 6) is -1.23. The van der Waals surface area contributed by atoms with E-state index >= 15 is 0 Å². The summed E-state index contributed by atoms with van der Waals surface area (Å²) in [6, 6.07) is 2.94. The van der Waals surface area contributed by atoms with Crippen LogP contribution in [-0.4, -0.2) is 16.2 Å². The molecule has 0 amide bonds. The molecule has 0 atom stereocenters. The fourth-order valence-electron chi connectivity index (χ4n) is 1.04. The summed E-state index contributed by atoms with van der Waals surface area (Å²) < 4.78 is 9.55. The number of nitrogens with two attached hydrogens (primary N) is 1. The van der Waals surface area contributed by atoms with Crippen molar-refractivity contribution in [3.8, 4) is 11.5 Å². The number of hydrogen-bond donors (Lipinski definition) is 2. The lowest BCUT2D eigenvalue weighted by atomic mass is 10.3. The molecule has 0 radical (unpaired) electrons. The molecule has 6 nitrogen and oxygen atoms in total. The first-order valence-corrected chi connectivity index (χ1v) is 3.72. The number of hydrogen-bond acceptors (Lipinski definition) is 5. The van der Waals surface area contributed by atoms with Gasteiger partial charge in [-0.05, 0) is 0 Å². The summed E-state index contributed by atoms with van der Waals surface area (Å²) in [5, 5.41) is 12.2. The van der Waals surface area contributed by atoms with Crippen molar-refractivity contribution >= 4 is 11.7 Å². The van der Waals surface area contributed by atoms with Crippen molar-refractivity contribution in [3.05, 3.63) is 24.2 Å². The van der Waals surface area contributed by atoms with Crippen molar-refractivity contribution < 1.29 is 18.8 Å². The predicted molar refractivity (Wildman–Crippen MR) is 45.6 cm³/mol. The molecular weight excluding hydrogens is 188 g/mol. The highest BCUT2D eigenvalue weighted by atomic mass is 16.5. The Morgan fingerprint density at radius 2 is 2.36 bits per heavy atom. The van der Waals surface area contributed by atoms with Crippen molar-refractivity contribution in [1.29, 1.82) is 0 Å². The van der Waals surface area contributed by atoms with E-state index < -0.39 is 5.97 Å². The van der Waals surface area contributed by atoms with Crippen LogP contribution in [0.5, 0.6) is 0 Å². The molecule has 6 heteroatoms. The van der Waals surface area contributed by atoms with Crippen LogP contribution in [0.25, 0.3) is 11.5 Å². The van der Waals surface area contributed by atoms with Gasteiger partial charge in [-0.1, -0.05) is 5.16 Å². The third-order valence-corrected chi connectivity index (χ3v) is 1.65. The van der Waals surface area contributed by atoms with E-state index in [2.05, 4.69) is 9.68 Å². The number of nitrogens with zero attached hydrogens (tertiary/aromatic N) is 1. The zero-order valence-electron chi connectivity index (χ0n) is 6.93. The average Bonchev–Trinajstić information content (AvgIpc) is 2.70. The maximum atomic E-state index is 10.6. The van der Waals surface area contributed by atoms with Crippen molar-refractivity contribution in [1.82, 2.24) is 5.16 Å². The molecule has 0 saturated heterocycles. The van der Waals surface area contributed by atoms with E-state index in [1.165, 1.54) is 12.3 Å². The second kappa shape index (κ2) is 2.91. The van der Waals surface area contributed by atoms with Gasteiger partial charge in [0, 0.05) is 12.1 Å². The molecule has 2 heterocycles. The Hall–Kier alpha value is -2.24. The third-order valence-electron chi connectivity index (χ3n) is 1.65. The number of aromatic nitrogens is 1. The minimum Gasteiger partial charge on any atom is -0.475 e. The lowest BCUT2D eigenvalue weighted by Crippen LogP contribution is -1.97. The van der Waals surface area contributed by atoms with Crippen LogP contribution in [0, 0.1) is 0 Å². The second-order valence-electron chi connectivity index (χ2n) is 2.58. The van der Waals surface area contributed by atoms with E-state index in [0.29, 0.717) is 5.69 Å². The number of aromatic carboxylic acids is 1. The molecule has 72 valence electrons. The Morgan fingerprint density at radius 1 is 1.57 bits per heavy atom. The third kappa shape index (κ3) is 1.22. The van der Waals surface area contributed by atoms with Gasteiger partial charge < -0.3 is 19.8 Å². The molecule has 2 aromatic rings. The van der Waals surface area contributed by atoms with Crippen LogP contribution >= 0.6 is 0 Å². The largest absolute Gasteiger partial charge is 0.475 e. The van der Waals surface area contributed by atoms with Gasteiger partial charge in [0.25, 0.3) is 0 Å². The summed E-state index contributed by atoms with van der Waals surface area (Å²) in [6.07, 6.45) is 1.36. The highest BCUT2D eigenvalue weighted by Gasteiger charge is 2.17. The highest BCUT2D eigenvalue weighted by molar-refractivity contribution is 5.91. The van der Waals surface area contributed by atoms with Crippen LogP contribution in [0.15, 0.2) is 27.3 Å². The van der Waals surface area contributed by atoms with Gasteiger partial charge >= 0.3 is 5.97 Å². The van der Waals surface area contributed by atoms with Crippen molar-refractivity contribution in [3.63, 3.8) is 0 Å². The summed E-state index contributed by atoms with van der Waals surface area (Å²) in [4.78, 5) is 10.6. The first-order valence-electron chi connectivity index (χ1n) is 3.72. The predicted octanol–water partition coefficient (Wildman–Crippen LogP) is 1.22. The van der Waals surface area contributed by atoms with E-state index in [9.17, 15) is 4.79 Å². The Bertz CT molecular complexity index is 458. The Balaban J connectivity index is 2.48. The van der Waals surface area contributed by atoms with Crippen molar-refractivity contribution in [2.24, 2.45) is 0 Å². The molecule has 0 unspecified atom stereocenters. The molecule has 0 aromatic carbocycles. The van der Waals surface area contributed by atoms with Gasteiger partial charge in [0.2, 0.25) is 5.76 Å². The molecule has 0 spiro atoms. The fourth-order valence-corrected chi connectivity index (χ4v) is 1.04. The zero-order chi connectivity index (χ0) is 10.1. The Labute approximate surface area is 77.9 Å². The quantitative estimate of drug-likeness (QED) is 0.744. The maximum Gasteiger partial charge on any atom is 0.374 e. The maximum absolute atomic E-state index is 10.6. The minimum absolute atomic E-state index is 0.0653. The lowest BCUT2D eigenvalue weighted by molar-refractivity contribution is 0.0665. The molecule has 0 saturated carbocycles. The summed E-state index contributed by atoms with van der Waals surface area (Å²) in [7, 11) is 0. The molecule has 2 aromatic heterocycles. The molecule has 0 aliphatic carbocycles. The Kier molecular flexibility index (Phi) is 1.74. The molecule has 14 heavy (non-hydrogen) atoms. The van der Waals surface area contributed by atoms with E-state index in [1.807, 2.05) is 0 Å². The summed E-state index contributed by atoms with van der Waals surface area (Å²) >= 11 is 0. The molecule has 2 rings (SSSR count). The number of anilines is 1. The molecular formula is C8H6N2O4. The van der Waals surface area contributed by atoms with Crippen LogP contribution in [-0.2, 0) is 0 Å². The molecule has 0 fully saturated rings. The number of nitrogen functional groups attached to an aromatic ring is 1. The smallest absolute Gasteiger partial charge is 0.374 e. The number of carboxylic acid groups (broad SMARTS) is 1. The van der Waals surface area contributed by atoms with Crippen LogP contribution in [0.1, 0.15) is 10.6 Å². The van der Waals surface area contributed by atoms with Gasteiger partial charge in [-0.3, -0.25) is 0 Å². The van der Waals surface area contributed by atoms with E-state index in [-0.39, 0.29) is 17.2 Å². The summed E-state index contributed by atoms with van der Waals surface area (Å²) in [5.41, 5.74) is 5.89. The van der Waals surface area contributed by atoms with E-state index in [0.717, 1.165) is 0 Å². The van der Waals surface area contributed by atoms with Gasteiger partial charge in [-0.25, -0.2) is 4.79 Å². The van der Waals surface area contributed by atoms with Crippen LogP contribution < -0.4 is 5.73 Å². The highest BCUT2D eigenvalue weighted by Crippen LogP contribution is 2.25. The zero-order valence-corrected chi connectivity index (χ0v) is 6.93. The standard InChI is InChI=1S/C8H6N2O4/c9-4-3-6(5-1-2-13-10-5)14-7(4)8(11)12/h1-3H,9H2,(H,11,12). The molecule has 0 aliphatic heterocycles. The lowest BCUT2D eigenvalue weighted by Gasteiger charge is -1.87. The SMILES string of the molecule is Nc1cc(-c2ccon2)oc1C(=O)O. The number of furan rings is 1. The van der Waals surface area contributed by atoms with E-state index in [4.69, 9.17) is 15.3 Å².